The molecule has 23 heteroatoms. The second-order valence-electron chi connectivity index (χ2n) is 10.2. The Labute approximate surface area is 255 Å². The van der Waals surface area contributed by atoms with Crippen molar-refractivity contribution in [3.05, 3.63) is 35.3 Å². The van der Waals surface area contributed by atoms with Gasteiger partial charge in [0.25, 0.3) is 5.56 Å². The van der Waals surface area contributed by atoms with Gasteiger partial charge in [-0.15, -0.1) is 0 Å². The van der Waals surface area contributed by atoms with Crippen LogP contribution >= 0.6 is 13.4 Å². The molecule has 3 fully saturated rings. The summed E-state index contributed by atoms with van der Waals surface area (Å²) in [7, 11) is 0. The average Bonchev–Trinajstić information content (AvgIpc) is 3.72. The van der Waals surface area contributed by atoms with E-state index in [0.29, 0.717) is 11.0 Å². The normalized spacial score (nSPS) is 36.6. The zero-order chi connectivity index (χ0) is 31.0. The number of nitrogens with two attached hydrogens (primary N) is 2. The molecule has 44 heavy (non-hydrogen) atoms. The summed E-state index contributed by atoms with van der Waals surface area (Å²) in [6, 6.07) is 1.09. The zero-order valence-corrected chi connectivity index (χ0v) is 25.6. The highest BCUT2D eigenvalue weighted by Gasteiger charge is 2.58. The molecule has 0 amide bonds. The Morgan fingerprint density at radius 3 is 2.66 bits per heavy atom. The minimum absolute atomic E-state index is 0.0434. The molecule has 4 aromatic heterocycles. The van der Waals surface area contributed by atoms with Gasteiger partial charge in [-0.2, -0.15) is 4.98 Å². The molecule has 0 radical (unpaired) electrons. The van der Waals surface area contributed by atoms with Gasteiger partial charge in [-0.3, -0.25) is 18.9 Å². The van der Waals surface area contributed by atoms with Gasteiger partial charge in [0, 0.05) is 6.20 Å². The molecule has 8 atom stereocenters. The lowest BCUT2D eigenvalue weighted by atomic mass is 10.1. The number of aromatic nitrogens is 7. The van der Waals surface area contributed by atoms with Crippen molar-refractivity contribution in [3.63, 3.8) is 0 Å². The van der Waals surface area contributed by atoms with Crippen LogP contribution in [0.1, 0.15) is 6.04 Å². The third-order valence-corrected chi connectivity index (χ3v) is 10.7. The van der Waals surface area contributed by atoms with E-state index in [-0.39, 0.29) is 29.5 Å². The number of halogens is 1. The number of hydrogen-bond acceptors (Lipinski definition) is 15. The highest BCUT2D eigenvalue weighted by molar-refractivity contribution is 8.07. The zero-order valence-electron chi connectivity index (χ0n) is 22.2. The first-order valence-electron chi connectivity index (χ1n) is 12.9. The highest BCUT2D eigenvalue weighted by Crippen LogP contribution is 2.56. The number of alkyl halides is 1. The molecule has 0 aromatic carbocycles. The molecule has 7 heterocycles. The fourth-order valence-corrected chi connectivity index (χ4v) is 8.58. The minimum atomic E-state index is -4.33. The van der Waals surface area contributed by atoms with Crippen molar-refractivity contribution >= 4 is 71.0 Å². The van der Waals surface area contributed by atoms with Gasteiger partial charge in [0.2, 0.25) is 11.7 Å². The van der Waals surface area contributed by atoms with Crippen LogP contribution in [0.2, 0.25) is 0 Å². The Kier molecular flexibility index (Phi) is 7.39. The van der Waals surface area contributed by atoms with Crippen LogP contribution in [0.3, 0.4) is 0 Å². The van der Waals surface area contributed by atoms with Gasteiger partial charge >= 0.3 is 13.4 Å². The smallest absolute Gasteiger partial charge is 0.326 e. The summed E-state index contributed by atoms with van der Waals surface area (Å²) in [4.78, 5) is 53.4. The molecule has 236 valence electrons. The predicted octanol–water partition coefficient (Wildman–Crippen LogP) is -0.0593. The third-order valence-electron chi connectivity index (χ3n) is 7.55. The number of H-pyrrole nitrogens is 1. The van der Waals surface area contributed by atoms with Crippen molar-refractivity contribution in [1.82, 2.24) is 34.1 Å². The maximum Gasteiger partial charge on any atom is 0.326 e. The van der Waals surface area contributed by atoms with Crippen LogP contribution in [-0.4, -0.2) is 94.8 Å². The first-order chi connectivity index (χ1) is 20.9. The monoisotopic (exact) mass is 691 g/mol. The van der Waals surface area contributed by atoms with E-state index in [9.17, 15) is 14.6 Å². The average molecular weight is 692 g/mol. The number of imidazole rings is 1. The number of rotatable bonds is 2. The molecular weight excluding hydrogens is 667 g/mol. The molecule has 7 N–H and O–H groups in total. The Hall–Kier alpha value is -2.52. The molecule has 3 aliphatic heterocycles. The lowest BCUT2D eigenvalue weighted by Crippen LogP contribution is -2.46. The fraction of sp³-hybridized carbons (Fsp3) is 0.476. The van der Waals surface area contributed by atoms with Crippen LogP contribution in [0, 0.1) is 0 Å². The Bertz CT molecular complexity index is 1930. The van der Waals surface area contributed by atoms with E-state index in [2.05, 4.69) is 24.9 Å². The van der Waals surface area contributed by atoms with Crippen LogP contribution in [0.4, 0.5) is 16.2 Å². The number of aromatic amines is 1. The lowest BCUT2D eigenvalue weighted by molar-refractivity contribution is -0.0706. The summed E-state index contributed by atoms with van der Waals surface area (Å²) in [5.41, 5.74) is 8.90. The molecule has 3 unspecified atom stereocenters. The second kappa shape index (κ2) is 10.8. The van der Waals surface area contributed by atoms with E-state index in [1.807, 2.05) is 0 Å². The van der Waals surface area contributed by atoms with E-state index >= 15 is 4.39 Å². The Morgan fingerprint density at radius 1 is 1.07 bits per heavy atom. The molecule has 2 bridgehead atoms. The summed E-state index contributed by atoms with van der Waals surface area (Å²) in [5.74, 6) is -0.0176. The molecule has 18 nitrogen and oxygen atoms in total. The summed E-state index contributed by atoms with van der Waals surface area (Å²) < 4.78 is 53.8. The maximum atomic E-state index is 16.4. The number of hydrogen-bond donors (Lipinski definition) is 5. The number of anilines is 2. The SMILES string of the molecule is Nc1nc2c(ncn2[C@@]23CO[C@H](COP(O)(=S)O[C@H]4C(n5ccc6c(N)ncnc65)CO[C@@H]4COP(O)(=S)O2)[C@H]3F)c(=O)[nH]1. The third kappa shape index (κ3) is 5.06. The van der Waals surface area contributed by atoms with Crippen molar-refractivity contribution < 1.29 is 41.7 Å². The first kappa shape index (κ1) is 30.2. The van der Waals surface area contributed by atoms with E-state index in [0.717, 1.165) is 10.9 Å². The van der Waals surface area contributed by atoms with Gasteiger partial charge in [0.1, 0.15) is 36.1 Å². The summed E-state index contributed by atoms with van der Waals surface area (Å²) in [6.07, 6.45) is -1.46. The van der Waals surface area contributed by atoms with Crippen LogP contribution < -0.4 is 17.0 Å². The molecule has 3 aliphatic rings. The molecule has 0 spiro atoms. The Morgan fingerprint density at radius 2 is 1.84 bits per heavy atom. The molecule has 0 aliphatic carbocycles. The maximum absolute atomic E-state index is 16.4. The minimum Gasteiger partial charge on any atom is -0.383 e. The van der Waals surface area contributed by atoms with Gasteiger partial charge in [-0.05, 0) is 29.7 Å². The number of nitrogens with zero attached hydrogens (tertiary/aromatic N) is 6. The van der Waals surface area contributed by atoms with Crippen LogP contribution in [0.25, 0.3) is 22.2 Å². The van der Waals surface area contributed by atoms with Crippen molar-refractivity contribution in [1.29, 1.82) is 0 Å². The quantitative estimate of drug-likeness (QED) is 0.173. The highest BCUT2D eigenvalue weighted by atomic mass is 32.5. The molecule has 7 rings (SSSR count). The first-order valence-corrected chi connectivity index (χ1v) is 18.1. The standard InChI is InChI=1S/C21H24FN9O9P2S2/c22-15-12-5-37-41(33,43)39-14-10(30-2-1-9-16(23)25-7-26-17(9)30)3-35-11(14)4-38-42(34,44)40-21(15,6-36-12)31-8-27-13-18(31)28-20(24)29-19(13)32/h1-2,7-8,10-12,14-15H,3-6H2,(H,33,43)(H,34,44)(H2,23,25,26)(H3,24,28,29,32)/t10?,11-,12-,14+,15-,21+,41?,42?/m1/s1. The summed E-state index contributed by atoms with van der Waals surface area (Å²) in [6.45, 7) is -9.95. The van der Waals surface area contributed by atoms with E-state index in [1.165, 1.54) is 6.33 Å². The number of nitrogens with one attached hydrogen (secondary N) is 1. The lowest BCUT2D eigenvalue weighted by Gasteiger charge is -2.34. The van der Waals surface area contributed by atoms with Crippen LogP contribution in [-0.2, 0) is 56.9 Å². The van der Waals surface area contributed by atoms with Gasteiger partial charge in [0.15, 0.2) is 17.3 Å². The molecule has 0 saturated carbocycles. The molecule has 3 saturated heterocycles. The van der Waals surface area contributed by atoms with Crippen LogP contribution in [0.5, 0.6) is 0 Å². The Balaban J connectivity index is 1.26. The van der Waals surface area contributed by atoms with E-state index in [4.69, 9.17) is 62.6 Å². The summed E-state index contributed by atoms with van der Waals surface area (Å²) in [5, 5.41) is 0.577. The second-order valence-corrected chi connectivity index (χ2v) is 15.7. The van der Waals surface area contributed by atoms with Crippen LogP contribution in [0.15, 0.2) is 29.7 Å². The van der Waals surface area contributed by atoms with Crippen molar-refractivity contribution in [2.75, 3.05) is 37.9 Å². The van der Waals surface area contributed by atoms with Gasteiger partial charge in [-0.25, -0.2) is 19.3 Å². The number of fused-ring (bicyclic) bond motifs is 5. The topological polar surface area (TPSA) is 242 Å². The predicted molar refractivity (Wildman–Crippen MR) is 157 cm³/mol. The van der Waals surface area contributed by atoms with E-state index in [1.54, 1.807) is 16.8 Å². The van der Waals surface area contributed by atoms with Crippen molar-refractivity contribution in [2.45, 2.75) is 36.3 Å². The van der Waals surface area contributed by atoms with E-state index < -0.39 is 75.1 Å². The largest absolute Gasteiger partial charge is 0.383 e. The van der Waals surface area contributed by atoms with Crippen molar-refractivity contribution in [3.8, 4) is 0 Å². The molecular formula is C21H24FN9O9P2S2. The van der Waals surface area contributed by atoms with Gasteiger partial charge < -0.3 is 48.9 Å². The molecule has 4 aromatic rings. The van der Waals surface area contributed by atoms with Gasteiger partial charge in [0.05, 0.1) is 44.2 Å². The number of ether oxygens (including phenoxy) is 2. The fourth-order valence-electron chi connectivity index (χ4n) is 5.52. The van der Waals surface area contributed by atoms with Crippen molar-refractivity contribution in [2.24, 2.45) is 0 Å². The van der Waals surface area contributed by atoms with Gasteiger partial charge in [-0.1, -0.05) is 0 Å². The summed E-state index contributed by atoms with van der Waals surface area (Å²) >= 11 is 10.6. The number of nitrogen functional groups attached to an aromatic ring is 2.